The number of aliphatic hydroxyl groups is 2. The summed E-state index contributed by atoms with van der Waals surface area (Å²) >= 11 is 0. The second-order valence-electron chi connectivity index (χ2n) is 9.20. The largest absolute Gasteiger partial charge is 0.504 e. The molecule has 2 aliphatic heterocycles. The molecule has 142 valence electrons. The molecule has 0 aromatic rings. The number of ketones is 1. The molecule has 0 aromatic carbocycles. The van der Waals surface area contributed by atoms with Crippen LogP contribution in [0, 0.1) is 23.2 Å². The molecule has 26 heavy (non-hydrogen) atoms. The Morgan fingerprint density at radius 3 is 2.88 bits per heavy atom. The van der Waals surface area contributed by atoms with Crippen LogP contribution in [0.15, 0.2) is 23.7 Å². The average molecular weight is 359 g/mol. The molecule has 0 radical (unpaired) electrons. The van der Waals surface area contributed by atoms with Gasteiger partial charge in [-0.25, -0.2) is 0 Å². The summed E-state index contributed by atoms with van der Waals surface area (Å²) in [6.07, 6.45) is 7.72. The maximum Gasteiger partial charge on any atom is 0.173 e. The molecule has 2 saturated carbocycles. The van der Waals surface area contributed by atoms with E-state index in [9.17, 15) is 15.0 Å². The normalized spacial score (nSPS) is 46.9. The van der Waals surface area contributed by atoms with Gasteiger partial charge in [0.2, 0.25) is 0 Å². The Morgan fingerprint density at radius 1 is 1.42 bits per heavy atom. The van der Waals surface area contributed by atoms with Crippen LogP contribution < -0.4 is 0 Å². The van der Waals surface area contributed by atoms with E-state index in [4.69, 9.17) is 4.74 Å². The van der Waals surface area contributed by atoms with E-state index in [1.807, 2.05) is 13.8 Å². The number of piperidine rings is 1. The van der Waals surface area contributed by atoms with Crippen molar-refractivity contribution >= 4 is 5.78 Å². The third-order valence-corrected chi connectivity index (χ3v) is 7.90. The van der Waals surface area contributed by atoms with E-state index in [1.165, 1.54) is 12.8 Å². The number of hydrogen-bond donors (Lipinski definition) is 2. The lowest BCUT2D eigenvalue weighted by atomic mass is 9.47. The average Bonchev–Trinajstić information content (AvgIpc) is 3.34. The second kappa shape index (κ2) is 5.35. The first-order chi connectivity index (χ1) is 12.4. The Morgan fingerprint density at radius 2 is 2.19 bits per heavy atom. The number of fused-ring (bicyclic) bond motifs is 1. The Bertz CT molecular complexity index is 707. The molecule has 2 heterocycles. The maximum atomic E-state index is 12.8. The lowest BCUT2D eigenvalue weighted by Crippen LogP contribution is -2.73. The number of ether oxygens (including phenoxy) is 1. The fourth-order valence-corrected chi connectivity index (χ4v) is 6.42. The quantitative estimate of drug-likeness (QED) is 0.807. The molecule has 2 N–H and O–H groups in total. The van der Waals surface area contributed by atoms with Gasteiger partial charge in [-0.05, 0) is 57.1 Å². The van der Waals surface area contributed by atoms with Gasteiger partial charge in [0, 0.05) is 24.9 Å². The van der Waals surface area contributed by atoms with Crippen molar-refractivity contribution in [1.29, 1.82) is 0 Å². The summed E-state index contributed by atoms with van der Waals surface area (Å²) in [5, 5.41) is 22.3. The van der Waals surface area contributed by atoms with Crippen LogP contribution in [0.2, 0.25) is 0 Å². The monoisotopic (exact) mass is 359 g/mol. The van der Waals surface area contributed by atoms with Crippen molar-refractivity contribution in [3.8, 4) is 0 Å². The SMILES string of the molecule is CCC(=O)[C@@H]1OC2=C(O)C=CC3C[C@H]4N(CC5CC5)CC[C@@]1(C23)[C@]4(C)O. The molecule has 2 saturated heterocycles. The molecule has 3 aliphatic carbocycles. The van der Waals surface area contributed by atoms with Crippen LogP contribution in [0.5, 0.6) is 0 Å². The van der Waals surface area contributed by atoms with Crippen LogP contribution in [-0.2, 0) is 9.53 Å². The number of allylic oxidation sites excluding steroid dienone is 3. The van der Waals surface area contributed by atoms with Crippen molar-refractivity contribution in [3.05, 3.63) is 23.7 Å². The van der Waals surface area contributed by atoms with E-state index >= 15 is 0 Å². The standard InChI is InChI=1S/C21H29NO4/c1-3-14(23)19-21-8-9-22(11-12-4-5-12)16(20(21,2)25)10-13-6-7-15(24)18(26-19)17(13)21/h6-7,12-13,16-17,19,24-25H,3-5,8-11H2,1-2H3/t13?,16-,17?,19+,20-,21+/m1/s1. The van der Waals surface area contributed by atoms with Crippen LogP contribution in [0.3, 0.4) is 0 Å². The summed E-state index contributed by atoms with van der Waals surface area (Å²) in [5.41, 5.74) is -1.65. The van der Waals surface area contributed by atoms with Crippen LogP contribution in [0.1, 0.15) is 46.0 Å². The van der Waals surface area contributed by atoms with Crippen LogP contribution in [-0.4, -0.2) is 51.7 Å². The van der Waals surface area contributed by atoms with Gasteiger partial charge in [-0.3, -0.25) is 9.69 Å². The van der Waals surface area contributed by atoms with Gasteiger partial charge in [0.25, 0.3) is 0 Å². The molecule has 0 aromatic heterocycles. The number of carbonyl (C=O) groups is 1. The first-order valence-corrected chi connectivity index (χ1v) is 10.2. The van der Waals surface area contributed by atoms with E-state index in [-0.39, 0.29) is 29.4 Å². The summed E-state index contributed by atoms with van der Waals surface area (Å²) in [6.45, 7) is 5.73. The number of aliphatic hydroxyl groups excluding tert-OH is 1. The number of Topliss-reactive ketones (excluding diaryl/α,β-unsaturated/α-hetero) is 1. The highest BCUT2D eigenvalue weighted by molar-refractivity contribution is 5.85. The molecular weight excluding hydrogens is 330 g/mol. The number of likely N-dealkylation sites (tertiary alicyclic amines) is 1. The van der Waals surface area contributed by atoms with Gasteiger partial charge in [-0.2, -0.15) is 0 Å². The number of nitrogens with zero attached hydrogens (tertiary/aromatic N) is 1. The van der Waals surface area contributed by atoms with E-state index in [0.29, 0.717) is 12.2 Å². The van der Waals surface area contributed by atoms with E-state index in [0.717, 1.165) is 31.8 Å². The van der Waals surface area contributed by atoms with Crippen molar-refractivity contribution in [3.63, 3.8) is 0 Å². The minimum atomic E-state index is -1.01. The van der Waals surface area contributed by atoms with Gasteiger partial charge >= 0.3 is 0 Å². The van der Waals surface area contributed by atoms with Gasteiger partial charge in [-0.1, -0.05) is 13.0 Å². The van der Waals surface area contributed by atoms with Gasteiger partial charge in [0.1, 0.15) is 5.76 Å². The molecule has 5 heteroatoms. The summed E-state index contributed by atoms with van der Waals surface area (Å²) in [7, 11) is 0. The first-order valence-electron chi connectivity index (χ1n) is 10.2. The molecular formula is C21H29NO4. The molecule has 5 nitrogen and oxygen atoms in total. The first kappa shape index (κ1) is 16.8. The Balaban J connectivity index is 1.62. The summed E-state index contributed by atoms with van der Waals surface area (Å²) in [4.78, 5) is 15.3. The summed E-state index contributed by atoms with van der Waals surface area (Å²) in [5.74, 6) is 1.59. The van der Waals surface area contributed by atoms with E-state index in [2.05, 4.69) is 11.0 Å². The summed E-state index contributed by atoms with van der Waals surface area (Å²) in [6, 6.07) is 0.0399. The summed E-state index contributed by atoms with van der Waals surface area (Å²) < 4.78 is 6.14. The lowest BCUT2D eigenvalue weighted by molar-refractivity contribution is -0.222. The molecule has 2 bridgehead atoms. The van der Waals surface area contributed by atoms with Crippen molar-refractivity contribution in [2.45, 2.75) is 63.7 Å². The lowest BCUT2D eigenvalue weighted by Gasteiger charge is -2.63. The molecule has 6 atom stereocenters. The molecule has 0 amide bonds. The van der Waals surface area contributed by atoms with Crippen molar-refractivity contribution in [1.82, 2.24) is 4.90 Å². The third-order valence-electron chi connectivity index (χ3n) is 7.90. The smallest absolute Gasteiger partial charge is 0.173 e. The maximum absolute atomic E-state index is 12.8. The zero-order chi connectivity index (χ0) is 18.3. The minimum Gasteiger partial charge on any atom is -0.504 e. The van der Waals surface area contributed by atoms with E-state index < -0.39 is 17.1 Å². The number of carbonyl (C=O) groups excluding carboxylic acids is 1. The highest BCUT2D eigenvalue weighted by atomic mass is 16.5. The predicted molar refractivity (Wildman–Crippen MR) is 96.3 cm³/mol. The fourth-order valence-electron chi connectivity index (χ4n) is 6.42. The molecule has 5 rings (SSSR count). The van der Waals surface area contributed by atoms with Crippen LogP contribution >= 0.6 is 0 Å². The highest BCUT2D eigenvalue weighted by Crippen LogP contribution is 2.66. The topological polar surface area (TPSA) is 70.0 Å². The number of rotatable bonds is 4. The van der Waals surface area contributed by atoms with Crippen molar-refractivity contribution in [2.75, 3.05) is 13.1 Å². The fraction of sp³-hybridized carbons (Fsp3) is 0.762. The molecule has 1 spiro atoms. The van der Waals surface area contributed by atoms with Crippen LogP contribution in [0.25, 0.3) is 0 Å². The Kier molecular flexibility index (Phi) is 3.46. The zero-order valence-corrected chi connectivity index (χ0v) is 15.6. The van der Waals surface area contributed by atoms with Crippen molar-refractivity contribution < 1.29 is 19.7 Å². The van der Waals surface area contributed by atoms with Crippen LogP contribution in [0.4, 0.5) is 0 Å². The highest BCUT2D eigenvalue weighted by Gasteiger charge is 2.74. The molecule has 2 unspecified atom stereocenters. The Hall–Kier alpha value is -1.33. The van der Waals surface area contributed by atoms with Gasteiger partial charge in [0.05, 0.1) is 11.0 Å². The van der Waals surface area contributed by atoms with Gasteiger partial charge < -0.3 is 14.9 Å². The third kappa shape index (κ3) is 1.96. The van der Waals surface area contributed by atoms with Crippen molar-refractivity contribution in [2.24, 2.45) is 23.2 Å². The van der Waals surface area contributed by atoms with E-state index in [1.54, 1.807) is 6.08 Å². The van der Waals surface area contributed by atoms with Gasteiger partial charge in [0.15, 0.2) is 17.6 Å². The second-order valence-corrected chi connectivity index (χ2v) is 9.20. The number of hydrogen-bond acceptors (Lipinski definition) is 5. The minimum absolute atomic E-state index is 0.0371. The molecule has 5 aliphatic rings. The predicted octanol–water partition coefficient (Wildman–Crippen LogP) is 2.56. The molecule has 4 fully saturated rings. The Labute approximate surface area is 154 Å². The van der Waals surface area contributed by atoms with Gasteiger partial charge in [-0.15, -0.1) is 0 Å². The zero-order valence-electron chi connectivity index (χ0n) is 15.6.